The van der Waals surface area contributed by atoms with E-state index in [1.165, 1.54) is 48.8 Å². The number of aryl methyl sites for hydroxylation is 1. The van der Waals surface area contributed by atoms with Crippen LogP contribution in [-0.2, 0) is 9.53 Å². The summed E-state index contributed by atoms with van der Waals surface area (Å²) in [4.78, 5) is 17.9. The molecule has 6 nitrogen and oxygen atoms in total. The van der Waals surface area contributed by atoms with Crippen molar-refractivity contribution in [3.05, 3.63) is 63.5 Å². The maximum absolute atomic E-state index is 12.7. The fourth-order valence-corrected chi connectivity index (χ4v) is 5.61. The van der Waals surface area contributed by atoms with Gasteiger partial charge in [0.2, 0.25) is 0 Å². The molecule has 33 heavy (non-hydrogen) atoms. The van der Waals surface area contributed by atoms with Gasteiger partial charge in [-0.15, -0.1) is 0 Å². The Kier molecular flexibility index (Phi) is 6.98. The Labute approximate surface area is 199 Å². The van der Waals surface area contributed by atoms with Crippen LogP contribution in [0, 0.1) is 13.8 Å². The lowest BCUT2D eigenvalue weighted by molar-refractivity contribution is -0.138. The first kappa shape index (κ1) is 23.2. The molecule has 2 heterocycles. The highest BCUT2D eigenvalue weighted by Crippen LogP contribution is 2.41. The number of hydrogen-bond donors (Lipinski definition) is 1. The fourth-order valence-electron chi connectivity index (χ4n) is 4.58. The minimum Gasteiger partial charge on any atom is -0.506 e. The average Bonchev–Trinajstić information content (AvgIpc) is 3.49. The zero-order chi connectivity index (χ0) is 23.5. The minimum atomic E-state index is -0.574. The molecule has 0 saturated heterocycles. The first-order valence-corrected chi connectivity index (χ1v) is 12.2. The van der Waals surface area contributed by atoms with Gasteiger partial charge < -0.3 is 19.1 Å². The van der Waals surface area contributed by atoms with Crippen LogP contribution in [0.5, 0.6) is 5.75 Å². The average molecular weight is 467 g/mol. The number of hydrogen-bond acceptors (Lipinski definition) is 6. The Bertz CT molecular complexity index is 1140. The monoisotopic (exact) mass is 466 g/mol. The van der Waals surface area contributed by atoms with Crippen molar-refractivity contribution < 1.29 is 19.4 Å². The van der Waals surface area contributed by atoms with E-state index in [1.807, 2.05) is 18.2 Å². The second-order valence-corrected chi connectivity index (χ2v) is 9.34. The molecular formula is C26H30N2O4S. The molecule has 0 amide bonds. The molecule has 1 aromatic carbocycles. The Balaban J connectivity index is 1.72. The molecule has 0 bridgehead atoms. The number of aromatic nitrogens is 1. The van der Waals surface area contributed by atoms with Crippen LogP contribution in [0.15, 0.2) is 51.6 Å². The van der Waals surface area contributed by atoms with Gasteiger partial charge in [0.25, 0.3) is 0 Å². The van der Waals surface area contributed by atoms with Crippen LogP contribution >= 0.6 is 11.8 Å². The Morgan fingerprint density at radius 3 is 2.58 bits per heavy atom. The zero-order valence-corrected chi connectivity index (χ0v) is 20.4. The first-order valence-electron chi connectivity index (χ1n) is 11.3. The van der Waals surface area contributed by atoms with E-state index >= 15 is 0 Å². The molecule has 1 N–H and O–H groups in total. The summed E-state index contributed by atoms with van der Waals surface area (Å²) >= 11 is 1.28. The topological polar surface area (TPSA) is 73.0 Å². The van der Waals surface area contributed by atoms with Gasteiger partial charge in [-0.3, -0.25) is 0 Å². The third-order valence-electron chi connectivity index (χ3n) is 6.17. The zero-order valence-electron chi connectivity index (χ0n) is 19.6. The number of carbonyl (C=O) groups excluding carboxylic acids is 1. The van der Waals surface area contributed by atoms with Crippen LogP contribution in [0.25, 0.3) is 6.08 Å². The molecule has 1 aromatic heterocycles. The number of benzene rings is 1. The number of nitrogens with zero attached hydrogens (tertiary/aromatic N) is 2. The van der Waals surface area contributed by atoms with E-state index in [1.54, 1.807) is 26.2 Å². The summed E-state index contributed by atoms with van der Waals surface area (Å²) in [6.45, 7) is 6.21. The molecule has 2 aromatic rings. The number of rotatable bonds is 6. The van der Waals surface area contributed by atoms with Crippen molar-refractivity contribution in [3.63, 3.8) is 0 Å². The number of aliphatic imine (C=N–C) groups is 1. The van der Waals surface area contributed by atoms with Gasteiger partial charge in [0, 0.05) is 17.4 Å². The molecule has 0 unspecified atom stereocenters. The predicted molar refractivity (Wildman–Crippen MR) is 133 cm³/mol. The molecule has 7 heteroatoms. The Morgan fingerprint density at radius 1 is 1.24 bits per heavy atom. The van der Waals surface area contributed by atoms with E-state index in [-0.39, 0.29) is 17.9 Å². The van der Waals surface area contributed by atoms with Crippen molar-refractivity contribution >= 4 is 34.5 Å². The van der Waals surface area contributed by atoms with Crippen molar-refractivity contribution in [1.82, 2.24) is 4.57 Å². The van der Waals surface area contributed by atoms with Gasteiger partial charge in [-0.05, 0) is 75.6 Å². The van der Waals surface area contributed by atoms with Crippen LogP contribution in [0.2, 0.25) is 0 Å². The second kappa shape index (κ2) is 9.91. The van der Waals surface area contributed by atoms with Crippen LogP contribution in [0.3, 0.4) is 0 Å². The highest BCUT2D eigenvalue weighted by Gasteiger charge is 2.33. The molecule has 0 atom stereocenters. The number of ether oxygens (including phenoxy) is 2. The van der Waals surface area contributed by atoms with Crippen molar-refractivity contribution in [2.45, 2.75) is 52.5 Å². The SMILES string of the molecule is CCOC(=O)C1=C(O)/C(=C/c2cc(C)n(C3CCCC3)c2C)SC1=Nc1ccc(OC)cc1. The van der Waals surface area contributed by atoms with E-state index in [4.69, 9.17) is 9.47 Å². The maximum atomic E-state index is 12.7. The van der Waals surface area contributed by atoms with E-state index in [9.17, 15) is 9.90 Å². The molecular weight excluding hydrogens is 436 g/mol. The third-order valence-corrected chi connectivity index (χ3v) is 7.19. The van der Waals surface area contributed by atoms with E-state index < -0.39 is 5.97 Å². The molecule has 0 radical (unpaired) electrons. The molecule has 1 saturated carbocycles. The van der Waals surface area contributed by atoms with Gasteiger partial charge in [-0.25, -0.2) is 9.79 Å². The first-order chi connectivity index (χ1) is 15.9. The second-order valence-electron chi connectivity index (χ2n) is 8.30. The molecule has 2 aliphatic rings. The Morgan fingerprint density at radius 2 is 1.94 bits per heavy atom. The summed E-state index contributed by atoms with van der Waals surface area (Å²) in [6, 6.07) is 9.92. The van der Waals surface area contributed by atoms with Gasteiger partial charge in [0.15, 0.2) is 0 Å². The van der Waals surface area contributed by atoms with Gasteiger partial charge in [-0.2, -0.15) is 0 Å². The van der Waals surface area contributed by atoms with Gasteiger partial charge in [0.1, 0.15) is 22.1 Å². The highest BCUT2D eigenvalue weighted by atomic mass is 32.2. The van der Waals surface area contributed by atoms with E-state index in [0.717, 1.165) is 11.3 Å². The fraction of sp³-hybridized carbons (Fsp3) is 0.385. The van der Waals surface area contributed by atoms with Crippen molar-refractivity contribution in [2.75, 3.05) is 13.7 Å². The lowest BCUT2D eigenvalue weighted by Gasteiger charge is -2.17. The van der Waals surface area contributed by atoms with Crippen molar-refractivity contribution in [3.8, 4) is 5.75 Å². The number of esters is 1. The number of carbonyl (C=O) groups is 1. The summed E-state index contributed by atoms with van der Waals surface area (Å²) in [5.74, 6) is 0.0613. The van der Waals surface area contributed by atoms with E-state index in [2.05, 4.69) is 29.5 Å². The summed E-state index contributed by atoms with van der Waals surface area (Å²) in [5, 5.41) is 11.4. The number of aliphatic hydroxyl groups excluding tert-OH is 1. The quantitative estimate of drug-likeness (QED) is 0.497. The number of thioether (sulfide) groups is 1. The summed E-state index contributed by atoms with van der Waals surface area (Å²) in [5.41, 5.74) is 4.21. The van der Waals surface area contributed by atoms with Gasteiger partial charge in [0.05, 0.1) is 24.3 Å². The lowest BCUT2D eigenvalue weighted by atomic mass is 10.1. The molecule has 4 rings (SSSR count). The summed E-state index contributed by atoms with van der Waals surface area (Å²) < 4.78 is 12.8. The van der Waals surface area contributed by atoms with Crippen LogP contribution < -0.4 is 4.74 Å². The number of aliphatic hydroxyl groups is 1. The van der Waals surface area contributed by atoms with Crippen molar-refractivity contribution in [2.24, 2.45) is 4.99 Å². The highest BCUT2D eigenvalue weighted by molar-refractivity contribution is 8.18. The maximum Gasteiger partial charge on any atom is 0.344 e. The lowest BCUT2D eigenvalue weighted by Crippen LogP contribution is -2.12. The van der Waals surface area contributed by atoms with Gasteiger partial charge in [-0.1, -0.05) is 24.6 Å². The molecule has 174 valence electrons. The molecule has 1 fully saturated rings. The molecule has 1 aliphatic heterocycles. The van der Waals surface area contributed by atoms with Crippen molar-refractivity contribution in [1.29, 1.82) is 0 Å². The smallest absolute Gasteiger partial charge is 0.344 e. The van der Waals surface area contributed by atoms with Crippen LogP contribution in [0.4, 0.5) is 5.69 Å². The third kappa shape index (κ3) is 4.74. The normalized spacial score (nSPS) is 19.2. The standard InChI is InChI=1S/C26H30N2O4S/c1-5-32-26(30)23-24(29)22(33-25(23)27-19-10-12-21(31-4)13-11-19)15-18-14-16(2)28(17(18)3)20-8-6-7-9-20/h10-15,20,29H,5-9H2,1-4H3/b22-15-,27-25?. The molecule has 0 spiro atoms. The van der Waals surface area contributed by atoms with Gasteiger partial charge >= 0.3 is 5.97 Å². The molecule has 1 aliphatic carbocycles. The van der Waals surface area contributed by atoms with Crippen LogP contribution in [0.1, 0.15) is 55.6 Å². The summed E-state index contributed by atoms with van der Waals surface area (Å²) in [7, 11) is 1.61. The summed E-state index contributed by atoms with van der Waals surface area (Å²) in [6.07, 6.45) is 6.90. The number of methoxy groups -OCH3 is 1. The Hall–Kier alpha value is -2.93. The minimum absolute atomic E-state index is 0.0867. The van der Waals surface area contributed by atoms with E-state index in [0.29, 0.717) is 21.7 Å². The predicted octanol–water partition coefficient (Wildman–Crippen LogP) is 6.42. The largest absolute Gasteiger partial charge is 0.506 e. The van der Waals surface area contributed by atoms with Crippen LogP contribution in [-0.4, -0.2) is 34.4 Å².